The third-order valence-corrected chi connectivity index (χ3v) is 9.38. The van der Waals surface area contributed by atoms with Gasteiger partial charge in [-0.05, 0) is 73.5 Å². The second-order valence-electron chi connectivity index (χ2n) is 10.2. The van der Waals surface area contributed by atoms with Crippen LogP contribution in [0.15, 0.2) is 18.2 Å². The van der Waals surface area contributed by atoms with Crippen molar-refractivity contribution >= 4 is 38.6 Å². The second kappa shape index (κ2) is 7.76. The van der Waals surface area contributed by atoms with Crippen LogP contribution in [0.3, 0.4) is 0 Å². The van der Waals surface area contributed by atoms with Crippen LogP contribution in [-0.2, 0) is 4.79 Å². The molecule has 1 aliphatic heterocycles. The summed E-state index contributed by atoms with van der Waals surface area (Å²) in [4.78, 5) is 30.9. The Balaban J connectivity index is 1.14. The number of rotatable bonds is 5. The molecule has 1 saturated heterocycles. The SMILES string of the molecule is CC1(C)[C@H]2CC[C@@H](CNC(=O)C3CCN(c4nc5ccc(C(=O)O)cc5s4)CC3)[C@@H]1C2. The number of amides is 1. The minimum absolute atomic E-state index is 0.0787. The van der Waals surface area contributed by atoms with E-state index in [0.717, 1.165) is 59.7 Å². The van der Waals surface area contributed by atoms with Gasteiger partial charge in [0.15, 0.2) is 5.13 Å². The minimum Gasteiger partial charge on any atom is -0.478 e. The van der Waals surface area contributed by atoms with E-state index < -0.39 is 5.97 Å². The molecule has 3 aliphatic carbocycles. The molecule has 7 heteroatoms. The highest BCUT2D eigenvalue weighted by Gasteiger charge is 2.54. The number of fused-ring (bicyclic) bond motifs is 3. The highest BCUT2D eigenvalue weighted by atomic mass is 32.1. The lowest BCUT2D eigenvalue weighted by Crippen LogP contribution is -2.55. The Hall–Kier alpha value is -2.15. The molecule has 4 aliphatic rings. The van der Waals surface area contributed by atoms with E-state index in [0.29, 0.717) is 11.3 Å². The lowest BCUT2D eigenvalue weighted by molar-refractivity contribution is -0.128. The minimum atomic E-state index is -0.919. The maximum atomic E-state index is 12.8. The smallest absolute Gasteiger partial charge is 0.335 e. The molecule has 6 nitrogen and oxygen atoms in total. The van der Waals surface area contributed by atoms with E-state index in [-0.39, 0.29) is 17.4 Å². The number of benzene rings is 1. The maximum absolute atomic E-state index is 12.8. The fraction of sp³-hybridized carbons (Fsp3) is 0.625. The third kappa shape index (κ3) is 3.71. The molecule has 1 aromatic heterocycles. The monoisotopic (exact) mass is 441 g/mol. The van der Waals surface area contributed by atoms with E-state index in [2.05, 4.69) is 29.0 Å². The van der Waals surface area contributed by atoms with Crippen LogP contribution in [0.4, 0.5) is 5.13 Å². The number of hydrogen-bond donors (Lipinski definition) is 2. The first kappa shape index (κ1) is 20.7. The number of anilines is 1. The van der Waals surface area contributed by atoms with Crippen LogP contribution in [0.1, 0.15) is 56.3 Å². The number of carboxylic acids is 1. The molecule has 3 saturated carbocycles. The molecule has 0 unspecified atom stereocenters. The fourth-order valence-corrected chi connectivity index (χ4v) is 7.15. The molecular weight excluding hydrogens is 410 g/mol. The van der Waals surface area contributed by atoms with Crippen LogP contribution in [0.25, 0.3) is 10.2 Å². The largest absolute Gasteiger partial charge is 0.478 e. The first-order chi connectivity index (χ1) is 14.8. The predicted molar refractivity (Wildman–Crippen MR) is 123 cm³/mol. The van der Waals surface area contributed by atoms with Crippen molar-refractivity contribution < 1.29 is 14.7 Å². The van der Waals surface area contributed by atoms with E-state index in [9.17, 15) is 14.7 Å². The number of hydrogen-bond acceptors (Lipinski definition) is 5. The van der Waals surface area contributed by atoms with Gasteiger partial charge in [-0.2, -0.15) is 0 Å². The highest BCUT2D eigenvalue weighted by molar-refractivity contribution is 7.22. The van der Waals surface area contributed by atoms with Gasteiger partial charge in [-0.3, -0.25) is 4.79 Å². The molecule has 166 valence electrons. The van der Waals surface area contributed by atoms with Gasteiger partial charge in [0, 0.05) is 25.6 Å². The Bertz CT molecular complexity index is 1010. The Morgan fingerprint density at radius 3 is 2.68 bits per heavy atom. The van der Waals surface area contributed by atoms with Crippen LogP contribution >= 0.6 is 11.3 Å². The van der Waals surface area contributed by atoms with Crippen molar-refractivity contribution in [1.82, 2.24) is 10.3 Å². The van der Waals surface area contributed by atoms with Crippen molar-refractivity contribution in [3.8, 4) is 0 Å². The number of carbonyl (C=O) groups excluding carboxylic acids is 1. The average molecular weight is 442 g/mol. The van der Waals surface area contributed by atoms with Crippen LogP contribution in [-0.4, -0.2) is 41.6 Å². The maximum Gasteiger partial charge on any atom is 0.335 e. The average Bonchev–Trinajstić information content (AvgIpc) is 3.21. The quantitative estimate of drug-likeness (QED) is 0.719. The van der Waals surface area contributed by atoms with Gasteiger partial charge in [0.25, 0.3) is 0 Å². The summed E-state index contributed by atoms with van der Waals surface area (Å²) in [7, 11) is 0. The number of carbonyl (C=O) groups is 2. The van der Waals surface area contributed by atoms with Crippen molar-refractivity contribution in [3.05, 3.63) is 23.8 Å². The van der Waals surface area contributed by atoms with Gasteiger partial charge < -0.3 is 15.3 Å². The first-order valence-electron chi connectivity index (χ1n) is 11.5. The van der Waals surface area contributed by atoms with Crippen LogP contribution in [0.5, 0.6) is 0 Å². The molecule has 4 fully saturated rings. The van der Waals surface area contributed by atoms with Gasteiger partial charge in [-0.25, -0.2) is 9.78 Å². The molecule has 0 radical (unpaired) electrons. The summed E-state index contributed by atoms with van der Waals surface area (Å²) in [6, 6.07) is 5.06. The highest BCUT2D eigenvalue weighted by Crippen LogP contribution is 2.61. The Kier molecular flexibility index (Phi) is 5.19. The van der Waals surface area contributed by atoms with Crippen LogP contribution in [0.2, 0.25) is 0 Å². The van der Waals surface area contributed by atoms with Gasteiger partial charge in [0.2, 0.25) is 5.91 Å². The van der Waals surface area contributed by atoms with E-state index in [1.807, 2.05) is 0 Å². The van der Waals surface area contributed by atoms with E-state index in [4.69, 9.17) is 0 Å². The van der Waals surface area contributed by atoms with Gasteiger partial charge in [0.1, 0.15) is 0 Å². The van der Waals surface area contributed by atoms with Crippen molar-refractivity contribution in [2.24, 2.45) is 29.1 Å². The van der Waals surface area contributed by atoms with Crippen molar-refractivity contribution in [2.75, 3.05) is 24.5 Å². The Morgan fingerprint density at radius 2 is 2.00 bits per heavy atom. The molecule has 2 N–H and O–H groups in total. The van der Waals surface area contributed by atoms with Crippen LogP contribution < -0.4 is 10.2 Å². The van der Waals surface area contributed by atoms with Gasteiger partial charge in [-0.1, -0.05) is 25.2 Å². The number of nitrogens with one attached hydrogen (secondary N) is 1. The van der Waals surface area contributed by atoms with Crippen molar-refractivity contribution in [3.63, 3.8) is 0 Å². The normalized spacial score (nSPS) is 27.7. The summed E-state index contributed by atoms with van der Waals surface area (Å²) in [6.45, 7) is 7.26. The number of nitrogens with zero attached hydrogens (tertiary/aromatic N) is 2. The zero-order chi connectivity index (χ0) is 21.8. The van der Waals surface area contributed by atoms with E-state index >= 15 is 0 Å². The van der Waals surface area contributed by atoms with Gasteiger partial charge in [0.05, 0.1) is 15.8 Å². The number of thiazole rings is 1. The summed E-state index contributed by atoms with van der Waals surface area (Å²) >= 11 is 1.53. The number of aromatic carboxylic acids is 1. The molecule has 2 heterocycles. The zero-order valence-corrected chi connectivity index (χ0v) is 19.1. The fourth-order valence-electron chi connectivity index (χ4n) is 6.10. The summed E-state index contributed by atoms with van der Waals surface area (Å²) in [5.41, 5.74) is 1.58. The number of piperidine rings is 1. The van der Waals surface area contributed by atoms with Gasteiger partial charge >= 0.3 is 5.97 Å². The summed E-state index contributed by atoms with van der Waals surface area (Å²) in [6.07, 6.45) is 5.60. The molecule has 1 aromatic carbocycles. The molecule has 2 aromatic rings. The Morgan fingerprint density at radius 1 is 1.23 bits per heavy atom. The topological polar surface area (TPSA) is 82.5 Å². The summed E-state index contributed by atoms with van der Waals surface area (Å²) in [5.74, 6) is 1.69. The lowest BCUT2D eigenvalue weighted by Gasteiger charge is -2.60. The standard InChI is InChI=1S/C24H31N3O3S/c1-24(2)17-5-3-16(18(24)12-17)13-25-21(28)14-7-9-27(10-8-14)23-26-19-6-4-15(22(29)30)11-20(19)31-23/h4,6,11,14,16-18H,3,5,7-10,12-13H2,1-2H3,(H,25,28)(H,29,30)/t16-,17-,18-/m0/s1. The van der Waals surface area contributed by atoms with Crippen molar-refractivity contribution in [2.45, 2.75) is 46.0 Å². The number of carboxylic acid groups (broad SMARTS) is 1. The lowest BCUT2D eigenvalue weighted by atomic mass is 9.45. The van der Waals surface area contributed by atoms with E-state index in [1.54, 1.807) is 18.2 Å². The summed E-state index contributed by atoms with van der Waals surface area (Å²) < 4.78 is 0.892. The molecule has 2 bridgehead atoms. The molecule has 0 spiro atoms. The first-order valence-corrected chi connectivity index (χ1v) is 12.3. The third-order valence-electron chi connectivity index (χ3n) is 8.30. The van der Waals surface area contributed by atoms with Crippen molar-refractivity contribution in [1.29, 1.82) is 0 Å². The van der Waals surface area contributed by atoms with E-state index in [1.165, 1.54) is 30.6 Å². The molecule has 31 heavy (non-hydrogen) atoms. The van der Waals surface area contributed by atoms with Crippen LogP contribution in [0, 0.1) is 29.1 Å². The molecule has 6 rings (SSSR count). The predicted octanol–water partition coefficient (Wildman–Crippen LogP) is 4.40. The number of aromatic nitrogens is 1. The molecule has 3 atom stereocenters. The second-order valence-corrected chi connectivity index (χ2v) is 11.2. The molecule has 1 amide bonds. The Labute approximate surface area is 187 Å². The zero-order valence-electron chi connectivity index (χ0n) is 18.3. The summed E-state index contributed by atoms with van der Waals surface area (Å²) in [5, 5.41) is 13.4. The van der Waals surface area contributed by atoms with Gasteiger partial charge in [-0.15, -0.1) is 0 Å². The molecular formula is C24H31N3O3S.